The molecule has 1 amide bonds. The van der Waals surface area contributed by atoms with E-state index in [-0.39, 0.29) is 18.3 Å². The van der Waals surface area contributed by atoms with Gasteiger partial charge in [0.05, 0.1) is 17.7 Å². The second-order valence-corrected chi connectivity index (χ2v) is 5.35. The number of amides is 1. The Morgan fingerprint density at radius 2 is 2.25 bits per heavy atom. The molecule has 7 heteroatoms. The van der Waals surface area contributed by atoms with Gasteiger partial charge in [-0.2, -0.15) is 0 Å². The van der Waals surface area contributed by atoms with E-state index in [1.165, 1.54) is 12.4 Å². The van der Waals surface area contributed by atoms with Crippen molar-refractivity contribution >= 4 is 5.91 Å². The van der Waals surface area contributed by atoms with Gasteiger partial charge >= 0.3 is 0 Å². The number of halogens is 1. The van der Waals surface area contributed by atoms with Crippen molar-refractivity contribution in [1.82, 2.24) is 20.0 Å². The molecule has 2 aromatic heterocycles. The summed E-state index contributed by atoms with van der Waals surface area (Å²) < 4.78 is 20.9. The lowest BCUT2D eigenvalue weighted by atomic mass is 10.1. The highest BCUT2D eigenvalue weighted by Crippen LogP contribution is 2.16. The van der Waals surface area contributed by atoms with Crippen molar-refractivity contribution in [3.63, 3.8) is 0 Å². The Morgan fingerprint density at radius 1 is 1.42 bits per heavy atom. The third-order valence-corrected chi connectivity index (χ3v) is 3.74. The third kappa shape index (κ3) is 3.05. The zero-order valence-electron chi connectivity index (χ0n) is 13.4. The Hall–Kier alpha value is -2.96. The maximum atomic E-state index is 14.2. The number of nitrogens with one attached hydrogen (secondary N) is 1. The molecule has 3 aromatic rings. The molecule has 1 N–H and O–H groups in total. The smallest absolute Gasteiger partial charge is 0.257 e. The summed E-state index contributed by atoms with van der Waals surface area (Å²) in [6.07, 6.45) is 5.39. The Labute approximate surface area is 138 Å². The van der Waals surface area contributed by atoms with Crippen LogP contribution in [0.4, 0.5) is 4.39 Å². The van der Waals surface area contributed by atoms with Crippen LogP contribution in [0.15, 0.2) is 41.4 Å². The molecule has 0 saturated heterocycles. The third-order valence-electron chi connectivity index (χ3n) is 3.74. The van der Waals surface area contributed by atoms with Crippen LogP contribution in [0.25, 0.3) is 5.69 Å². The molecule has 6 nitrogen and oxygen atoms in total. The molecule has 0 saturated carbocycles. The molecule has 124 valence electrons. The first-order chi connectivity index (χ1) is 11.6. The first kappa shape index (κ1) is 15.9. The van der Waals surface area contributed by atoms with Gasteiger partial charge in [0.2, 0.25) is 0 Å². The highest BCUT2D eigenvalue weighted by Gasteiger charge is 2.18. The summed E-state index contributed by atoms with van der Waals surface area (Å²) in [7, 11) is 0. The van der Waals surface area contributed by atoms with Crippen LogP contribution in [0.1, 0.15) is 34.3 Å². The van der Waals surface area contributed by atoms with Crippen LogP contribution in [0.5, 0.6) is 0 Å². The molecule has 0 unspecified atom stereocenters. The molecule has 0 bridgehead atoms. The number of hydrogen-bond acceptors (Lipinski definition) is 4. The van der Waals surface area contributed by atoms with Crippen molar-refractivity contribution in [1.29, 1.82) is 0 Å². The van der Waals surface area contributed by atoms with Crippen LogP contribution in [-0.2, 0) is 13.0 Å². The zero-order valence-corrected chi connectivity index (χ0v) is 13.4. The maximum absolute atomic E-state index is 14.2. The standard InChI is InChI=1S/C17H17FN4O2/c1-3-14-16(11(2)24-21-14)17(23)20-9-12-4-5-15(13(18)8-12)22-7-6-19-10-22/h4-8,10H,3,9H2,1-2H3,(H,20,23). The number of benzene rings is 1. The molecule has 1 aromatic carbocycles. The number of carbonyl (C=O) groups excluding carboxylic acids is 1. The molecule has 0 spiro atoms. The van der Waals surface area contributed by atoms with Gasteiger partial charge in [-0.15, -0.1) is 0 Å². The number of aromatic nitrogens is 3. The lowest BCUT2D eigenvalue weighted by molar-refractivity contribution is 0.0948. The van der Waals surface area contributed by atoms with E-state index in [1.54, 1.807) is 36.0 Å². The molecule has 24 heavy (non-hydrogen) atoms. The van der Waals surface area contributed by atoms with Crippen LogP contribution in [-0.4, -0.2) is 20.6 Å². The summed E-state index contributed by atoms with van der Waals surface area (Å²) in [6.45, 7) is 3.81. The number of nitrogens with zero attached hydrogens (tertiary/aromatic N) is 3. The summed E-state index contributed by atoms with van der Waals surface area (Å²) in [6, 6.07) is 4.82. The lowest BCUT2D eigenvalue weighted by Crippen LogP contribution is -2.24. The average Bonchev–Trinajstić information content (AvgIpc) is 3.22. The topological polar surface area (TPSA) is 73.0 Å². The first-order valence-electron chi connectivity index (χ1n) is 7.60. The lowest BCUT2D eigenvalue weighted by Gasteiger charge is -2.08. The molecule has 0 aliphatic rings. The highest BCUT2D eigenvalue weighted by molar-refractivity contribution is 5.96. The van der Waals surface area contributed by atoms with Gasteiger partial charge in [0.15, 0.2) is 0 Å². The van der Waals surface area contributed by atoms with Crippen molar-refractivity contribution in [2.45, 2.75) is 26.8 Å². The van der Waals surface area contributed by atoms with Gasteiger partial charge in [0, 0.05) is 18.9 Å². The van der Waals surface area contributed by atoms with Crippen LogP contribution in [0, 0.1) is 12.7 Å². The van der Waals surface area contributed by atoms with Gasteiger partial charge in [0.25, 0.3) is 5.91 Å². The Bertz CT molecular complexity index is 856. The molecular formula is C17H17FN4O2. The SMILES string of the molecule is CCc1noc(C)c1C(=O)NCc1ccc(-n2ccnc2)c(F)c1. The van der Waals surface area contributed by atoms with E-state index in [0.717, 1.165) is 0 Å². The molecule has 3 rings (SSSR count). The number of carbonyl (C=O) groups is 1. The summed E-state index contributed by atoms with van der Waals surface area (Å²) >= 11 is 0. The van der Waals surface area contributed by atoms with Crippen LogP contribution in [0.3, 0.4) is 0 Å². The highest BCUT2D eigenvalue weighted by atomic mass is 19.1. The van der Waals surface area contributed by atoms with Gasteiger partial charge in [0.1, 0.15) is 17.1 Å². The fraction of sp³-hybridized carbons (Fsp3) is 0.235. The van der Waals surface area contributed by atoms with Crippen molar-refractivity contribution in [3.05, 3.63) is 65.3 Å². The maximum Gasteiger partial charge on any atom is 0.257 e. The van der Waals surface area contributed by atoms with Gasteiger partial charge < -0.3 is 14.4 Å². The minimum atomic E-state index is -0.379. The van der Waals surface area contributed by atoms with Gasteiger partial charge in [-0.05, 0) is 31.0 Å². The number of rotatable bonds is 5. The van der Waals surface area contributed by atoms with Crippen molar-refractivity contribution in [2.24, 2.45) is 0 Å². The minimum absolute atomic E-state index is 0.216. The fourth-order valence-electron chi connectivity index (χ4n) is 2.49. The minimum Gasteiger partial charge on any atom is -0.361 e. The number of aryl methyl sites for hydroxylation is 2. The van der Waals surface area contributed by atoms with E-state index in [2.05, 4.69) is 15.5 Å². The normalized spacial score (nSPS) is 10.8. The monoisotopic (exact) mass is 328 g/mol. The second kappa shape index (κ2) is 6.66. The van der Waals surface area contributed by atoms with Crippen LogP contribution >= 0.6 is 0 Å². The van der Waals surface area contributed by atoms with Gasteiger partial charge in [-0.1, -0.05) is 18.1 Å². The molecular weight excluding hydrogens is 311 g/mol. The Kier molecular flexibility index (Phi) is 4.41. The van der Waals surface area contributed by atoms with Crippen molar-refractivity contribution in [2.75, 3.05) is 0 Å². The predicted molar refractivity (Wildman–Crippen MR) is 85.3 cm³/mol. The summed E-state index contributed by atoms with van der Waals surface area (Å²) in [5.74, 6) is -0.175. The molecule has 2 heterocycles. The van der Waals surface area contributed by atoms with E-state index >= 15 is 0 Å². The molecule has 0 radical (unpaired) electrons. The van der Waals surface area contributed by atoms with Crippen LogP contribution < -0.4 is 5.32 Å². The van der Waals surface area contributed by atoms with Gasteiger partial charge in [-0.25, -0.2) is 9.37 Å². The molecule has 0 aliphatic heterocycles. The largest absolute Gasteiger partial charge is 0.361 e. The van der Waals surface area contributed by atoms with Crippen LogP contribution in [0.2, 0.25) is 0 Å². The second-order valence-electron chi connectivity index (χ2n) is 5.35. The van der Waals surface area contributed by atoms with E-state index < -0.39 is 0 Å². The fourth-order valence-corrected chi connectivity index (χ4v) is 2.49. The average molecular weight is 328 g/mol. The first-order valence-corrected chi connectivity index (χ1v) is 7.60. The zero-order chi connectivity index (χ0) is 17.1. The van der Waals surface area contributed by atoms with E-state index in [9.17, 15) is 9.18 Å². The predicted octanol–water partition coefficient (Wildman–Crippen LogP) is 2.80. The Morgan fingerprint density at radius 3 is 2.92 bits per heavy atom. The summed E-state index contributed by atoms with van der Waals surface area (Å²) in [5.41, 5.74) is 2.14. The Balaban J connectivity index is 1.72. The van der Waals surface area contributed by atoms with Gasteiger partial charge in [-0.3, -0.25) is 4.79 Å². The van der Waals surface area contributed by atoms with Crippen molar-refractivity contribution < 1.29 is 13.7 Å². The summed E-state index contributed by atoms with van der Waals surface area (Å²) in [4.78, 5) is 16.2. The quantitative estimate of drug-likeness (QED) is 0.781. The molecule has 0 aliphatic carbocycles. The van der Waals surface area contributed by atoms with E-state index in [4.69, 9.17) is 4.52 Å². The number of imidazole rings is 1. The molecule has 0 atom stereocenters. The van der Waals surface area contributed by atoms with Crippen molar-refractivity contribution in [3.8, 4) is 5.69 Å². The number of hydrogen-bond donors (Lipinski definition) is 1. The van der Waals surface area contributed by atoms with E-state index in [0.29, 0.717) is 34.7 Å². The van der Waals surface area contributed by atoms with E-state index in [1.807, 2.05) is 6.92 Å². The summed E-state index contributed by atoms with van der Waals surface area (Å²) in [5, 5.41) is 6.63. The molecule has 0 fully saturated rings.